The molecule has 7 heteroatoms. The minimum atomic E-state index is -1.40. The Kier molecular flexibility index (Phi) is 4.67. The molecule has 0 aliphatic rings. The summed E-state index contributed by atoms with van der Waals surface area (Å²) in [6.07, 6.45) is 0. The van der Waals surface area contributed by atoms with Crippen LogP contribution in [-0.4, -0.2) is 38.9 Å². The van der Waals surface area contributed by atoms with Crippen molar-refractivity contribution < 1.29 is 19.6 Å². The highest BCUT2D eigenvalue weighted by Gasteiger charge is 2.37. The van der Waals surface area contributed by atoms with Crippen molar-refractivity contribution in [2.45, 2.75) is 33.2 Å². The van der Waals surface area contributed by atoms with Crippen LogP contribution in [-0.2, 0) is 4.79 Å². The van der Waals surface area contributed by atoms with Crippen LogP contribution in [0.25, 0.3) is 0 Å². The molecule has 1 N–H and O–H groups in total. The Balaban J connectivity index is 3.32. The summed E-state index contributed by atoms with van der Waals surface area (Å²) in [5.41, 5.74) is -0.901. The Morgan fingerprint density at radius 1 is 1.38 bits per heavy atom. The number of carboxylic acid groups (broad SMARTS) is 1. The molecule has 0 unspecified atom stereocenters. The molecule has 1 rings (SSSR count). The molecule has 1 aromatic rings. The fourth-order valence-corrected chi connectivity index (χ4v) is 2.01. The number of rotatable bonds is 5. The van der Waals surface area contributed by atoms with Crippen molar-refractivity contribution in [1.82, 2.24) is 4.90 Å². The van der Waals surface area contributed by atoms with Crippen molar-refractivity contribution >= 4 is 17.6 Å². The molecule has 0 saturated heterocycles. The summed E-state index contributed by atoms with van der Waals surface area (Å²) in [6.45, 7) is 6.33. The molecular formula is C14H18N2O5. The Morgan fingerprint density at radius 3 is 2.38 bits per heavy atom. The maximum atomic E-state index is 12.6. The van der Waals surface area contributed by atoms with E-state index in [2.05, 4.69) is 0 Å². The first-order chi connectivity index (χ1) is 9.62. The minimum absolute atomic E-state index is 0.139. The normalized spacial score (nSPS) is 11.0. The fraction of sp³-hybridized carbons (Fsp3) is 0.429. The van der Waals surface area contributed by atoms with Crippen LogP contribution in [0.4, 0.5) is 5.69 Å². The molecule has 114 valence electrons. The predicted octanol–water partition coefficient (Wildman–Crippen LogP) is 2.23. The van der Waals surface area contributed by atoms with Gasteiger partial charge in [0.25, 0.3) is 11.6 Å². The van der Waals surface area contributed by atoms with Crippen LogP contribution in [0.5, 0.6) is 0 Å². The molecule has 0 radical (unpaired) electrons. The van der Waals surface area contributed by atoms with Crippen LogP contribution in [0, 0.1) is 17.0 Å². The number of carbonyl (C=O) groups excluding carboxylic acids is 1. The predicted molar refractivity (Wildman–Crippen MR) is 76.3 cm³/mol. The molecule has 1 aromatic carbocycles. The van der Waals surface area contributed by atoms with Crippen molar-refractivity contribution in [2.24, 2.45) is 0 Å². The highest BCUT2D eigenvalue weighted by Crippen LogP contribution is 2.23. The second kappa shape index (κ2) is 5.90. The monoisotopic (exact) mass is 294 g/mol. The first kappa shape index (κ1) is 16.6. The lowest BCUT2D eigenvalue weighted by Gasteiger charge is -2.34. The number of carbonyl (C=O) groups is 2. The van der Waals surface area contributed by atoms with Crippen molar-refractivity contribution in [3.63, 3.8) is 0 Å². The number of likely N-dealkylation sites (N-methyl/N-ethyl adjacent to an activating group) is 1. The number of non-ortho nitro benzene ring substituents is 1. The lowest BCUT2D eigenvalue weighted by atomic mass is 9.99. The second-order valence-electron chi connectivity index (χ2n) is 5.17. The lowest BCUT2D eigenvalue weighted by molar-refractivity contribution is -0.384. The van der Waals surface area contributed by atoms with E-state index in [9.17, 15) is 24.8 Å². The molecule has 0 bridgehead atoms. The minimum Gasteiger partial charge on any atom is -0.480 e. The molecule has 0 aromatic heterocycles. The number of aryl methyl sites for hydroxylation is 1. The van der Waals surface area contributed by atoms with Crippen molar-refractivity contribution in [1.29, 1.82) is 0 Å². The molecule has 7 nitrogen and oxygen atoms in total. The van der Waals surface area contributed by atoms with Gasteiger partial charge in [-0.15, -0.1) is 0 Å². The van der Waals surface area contributed by atoms with Crippen molar-refractivity contribution in [2.75, 3.05) is 6.54 Å². The van der Waals surface area contributed by atoms with E-state index < -0.39 is 22.3 Å². The summed E-state index contributed by atoms with van der Waals surface area (Å²) in [6, 6.07) is 3.97. The Hall–Kier alpha value is -2.44. The number of hydrogen-bond acceptors (Lipinski definition) is 4. The van der Waals surface area contributed by atoms with Gasteiger partial charge in [-0.05, 0) is 33.3 Å². The number of hydrogen-bond donors (Lipinski definition) is 1. The topological polar surface area (TPSA) is 101 Å². The highest BCUT2D eigenvalue weighted by molar-refractivity contribution is 5.99. The fourth-order valence-electron chi connectivity index (χ4n) is 2.01. The van der Waals surface area contributed by atoms with Gasteiger partial charge in [0.15, 0.2) is 0 Å². The van der Waals surface area contributed by atoms with Crippen LogP contribution in [0.3, 0.4) is 0 Å². The SMILES string of the molecule is CCN(C(=O)c1cc([N+](=O)[O-])ccc1C)C(C)(C)C(=O)O. The standard InChI is InChI=1S/C14H18N2O5/c1-5-15(14(3,4)13(18)19)12(17)11-8-10(16(20)21)7-6-9(11)2/h6-8H,5H2,1-4H3,(H,18,19). The van der Waals surface area contributed by atoms with Crippen molar-refractivity contribution in [3.05, 3.63) is 39.4 Å². The summed E-state index contributed by atoms with van der Waals surface area (Å²) >= 11 is 0. The van der Waals surface area contributed by atoms with Gasteiger partial charge < -0.3 is 10.0 Å². The Morgan fingerprint density at radius 2 is 1.95 bits per heavy atom. The number of carboxylic acids is 1. The average molecular weight is 294 g/mol. The van der Waals surface area contributed by atoms with Gasteiger partial charge in [0, 0.05) is 24.2 Å². The zero-order chi connectivity index (χ0) is 16.4. The van der Waals surface area contributed by atoms with Gasteiger partial charge in [-0.3, -0.25) is 14.9 Å². The zero-order valence-electron chi connectivity index (χ0n) is 12.4. The van der Waals surface area contributed by atoms with Gasteiger partial charge in [-0.2, -0.15) is 0 Å². The maximum Gasteiger partial charge on any atom is 0.329 e. The maximum absolute atomic E-state index is 12.6. The highest BCUT2D eigenvalue weighted by atomic mass is 16.6. The summed E-state index contributed by atoms with van der Waals surface area (Å²) in [7, 11) is 0. The lowest BCUT2D eigenvalue weighted by Crippen LogP contribution is -2.53. The van der Waals surface area contributed by atoms with Crippen LogP contribution in [0.2, 0.25) is 0 Å². The number of nitro benzene ring substituents is 1. The first-order valence-corrected chi connectivity index (χ1v) is 6.43. The van der Waals surface area contributed by atoms with E-state index in [4.69, 9.17) is 0 Å². The summed E-state index contributed by atoms with van der Waals surface area (Å²) in [5.74, 6) is -1.67. The Bertz CT molecular complexity index is 595. The van der Waals surface area contributed by atoms with Gasteiger partial charge in [-0.1, -0.05) is 6.07 Å². The molecule has 0 heterocycles. The number of amides is 1. The van der Waals surface area contributed by atoms with Crippen LogP contribution < -0.4 is 0 Å². The van der Waals surface area contributed by atoms with E-state index in [-0.39, 0.29) is 17.8 Å². The largest absolute Gasteiger partial charge is 0.480 e. The smallest absolute Gasteiger partial charge is 0.329 e. The second-order valence-corrected chi connectivity index (χ2v) is 5.17. The molecule has 0 atom stereocenters. The van der Waals surface area contributed by atoms with Gasteiger partial charge in [-0.25, -0.2) is 4.79 Å². The number of nitro groups is 1. The summed E-state index contributed by atoms with van der Waals surface area (Å²) in [5, 5.41) is 20.1. The van der Waals surface area contributed by atoms with E-state index in [1.54, 1.807) is 13.8 Å². The van der Waals surface area contributed by atoms with Crippen molar-refractivity contribution in [3.8, 4) is 0 Å². The molecule has 21 heavy (non-hydrogen) atoms. The molecule has 0 saturated carbocycles. The van der Waals surface area contributed by atoms with Crippen LogP contribution >= 0.6 is 0 Å². The van der Waals surface area contributed by atoms with Crippen LogP contribution in [0.1, 0.15) is 36.7 Å². The molecule has 1 amide bonds. The van der Waals surface area contributed by atoms with E-state index in [1.165, 1.54) is 36.9 Å². The van der Waals surface area contributed by atoms with E-state index in [1.807, 2.05) is 0 Å². The third-order valence-corrected chi connectivity index (χ3v) is 3.42. The molecular weight excluding hydrogens is 276 g/mol. The molecule has 0 aliphatic carbocycles. The molecule has 0 fully saturated rings. The molecule has 0 aliphatic heterocycles. The van der Waals surface area contributed by atoms with E-state index in [0.29, 0.717) is 5.56 Å². The quantitative estimate of drug-likeness (QED) is 0.663. The van der Waals surface area contributed by atoms with Gasteiger partial charge >= 0.3 is 5.97 Å². The van der Waals surface area contributed by atoms with Gasteiger partial charge in [0.05, 0.1) is 4.92 Å². The average Bonchev–Trinajstić information content (AvgIpc) is 2.38. The summed E-state index contributed by atoms with van der Waals surface area (Å²) < 4.78 is 0. The third kappa shape index (κ3) is 3.18. The zero-order valence-corrected chi connectivity index (χ0v) is 12.4. The number of benzene rings is 1. The van der Waals surface area contributed by atoms with Gasteiger partial charge in [0.2, 0.25) is 0 Å². The van der Waals surface area contributed by atoms with E-state index in [0.717, 1.165) is 0 Å². The number of nitrogens with zero attached hydrogens (tertiary/aromatic N) is 2. The molecule has 0 spiro atoms. The number of aliphatic carboxylic acids is 1. The Labute approximate surface area is 122 Å². The first-order valence-electron chi connectivity index (χ1n) is 6.43. The van der Waals surface area contributed by atoms with Gasteiger partial charge in [0.1, 0.15) is 5.54 Å². The van der Waals surface area contributed by atoms with E-state index >= 15 is 0 Å². The third-order valence-electron chi connectivity index (χ3n) is 3.42. The van der Waals surface area contributed by atoms with Crippen LogP contribution in [0.15, 0.2) is 18.2 Å². The summed E-state index contributed by atoms with van der Waals surface area (Å²) in [4.78, 5) is 35.3.